The Balaban J connectivity index is 2.44. The van der Waals surface area contributed by atoms with E-state index in [1.165, 1.54) is 12.8 Å². The van der Waals surface area contributed by atoms with Crippen LogP contribution in [0.25, 0.3) is 0 Å². The standard InChI is InChI=1S/C10H20N2O/c1-8(12(3)9(2)13)10-5-4-6-11-7-10/h8,10-11H,4-7H2,1-3H3. The van der Waals surface area contributed by atoms with Crippen molar-refractivity contribution in [3.05, 3.63) is 0 Å². The molecule has 1 rings (SSSR count). The summed E-state index contributed by atoms with van der Waals surface area (Å²) in [6.45, 7) is 5.96. The molecule has 13 heavy (non-hydrogen) atoms. The Morgan fingerprint density at radius 1 is 1.62 bits per heavy atom. The lowest BCUT2D eigenvalue weighted by molar-refractivity contribution is -0.130. The molecule has 1 amide bonds. The van der Waals surface area contributed by atoms with Gasteiger partial charge in [0.2, 0.25) is 5.91 Å². The Morgan fingerprint density at radius 2 is 2.31 bits per heavy atom. The summed E-state index contributed by atoms with van der Waals surface area (Å²) in [4.78, 5) is 13.0. The van der Waals surface area contributed by atoms with E-state index < -0.39 is 0 Å². The second-order valence-electron chi connectivity index (χ2n) is 3.98. The number of rotatable bonds is 2. The normalized spacial score (nSPS) is 25.3. The summed E-state index contributed by atoms with van der Waals surface area (Å²) in [5.74, 6) is 0.792. The van der Waals surface area contributed by atoms with E-state index in [2.05, 4.69) is 12.2 Å². The van der Waals surface area contributed by atoms with Gasteiger partial charge in [-0.1, -0.05) is 0 Å². The van der Waals surface area contributed by atoms with Gasteiger partial charge in [-0.2, -0.15) is 0 Å². The zero-order chi connectivity index (χ0) is 9.84. The van der Waals surface area contributed by atoms with Gasteiger partial charge in [0.05, 0.1) is 0 Å². The Hall–Kier alpha value is -0.570. The summed E-state index contributed by atoms with van der Waals surface area (Å²) in [5.41, 5.74) is 0. The van der Waals surface area contributed by atoms with Crippen LogP contribution in [0.4, 0.5) is 0 Å². The van der Waals surface area contributed by atoms with Crippen LogP contribution < -0.4 is 5.32 Å². The number of piperidine rings is 1. The lowest BCUT2D eigenvalue weighted by Crippen LogP contribution is -2.44. The first kappa shape index (κ1) is 10.5. The van der Waals surface area contributed by atoms with Crippen molar-refractivity contribution in [1.82, 2.24) is 10.2 Å². The van der Waals surface area contributed by atoms with E-state index in [0.717, 1.165) is 13.1 Å². The van der Waals surface area contributed by atoms with Crippen LogP contribution in [0.5, 0.6) is 0 Å². The topological polar surface area (TPSA) is 32.3 Å². The first-order chi connectivity index (χ1) is 6.13. The van der Waals surface area contributed by atoms with E-state index in [0.29, 0.717) is 12.0 Å². The van der Waals surface area contributed by atoms with Crippen LogP contribution in [0.15, 0.2) is 0 Å². The maximum absolute atomic E-state index is 11.1. The molecule has 1 heterocycles. The smallest absolute Gasteiger partial charge is 0.219 e. The van der Waals surface area contributed by atoms with Gasteiger partial charge in [-0.15, -0.1) is 0 Å². The molecule has 2 unspecified atom stereocenters. The average Bonchev–Trinajstić information content (AvgIpc) is 2.17. The van der Waals surface area contributed by atoms with Crippen LogP contribution in [-0.4, -0.2) is 37.0 Å². The molecule has 0 saturated carbocycles. The lowest BCUT2D eigenvalue weighted by atomic mass is 9.92. The fourth-order valence-electron chi connectivity index (χ4n) is 1.89. The number of carbonyl (C=O) groups is 1. The molecule has 3 nitrogen and oxygen atoms in total. The number of hydrogen-bond donors (Lipinski definition) is 1. The quantitative estimate of drug-likeness (QED) is 0.690. The summed E-state index contributed by atoms with van der Waals surface area (Å²) >= 11 is 0. The number of hydrogen-bond acceptors (Lipinski definition) is 2. The zero-order valence-electron chi connectivity index (χ0n) is 8.84. The molecule has 0 aromatic rings. The molecule has 0 aliphatic carbocycles. The molecular weight excluding hydrogens is 164 g/mol. The van der Waals surface area contributed by atoms with E-state index in [1.807, 2.05) is 11.9 Å². The van der Waals surface area contributed by atoms with Crippen molar-refractivity contribution < 1.29 is 4.79 Å². The molecule has 1 N–H and O–H groups in total. The molecule has 0 aromatic carbocycles. The van der Waals surface area contributed by atoms with Crippen LogP contribution in [0.1, 0.15) is 26.7 Å². The Bertz CT molecular complexity index is 176. The minimum Gasteiger partial charge on any atom is -0.343 e. The maximum Gasteiger partial charge on any atom is 0.219 e. The summed E-state index contributed by atoms with van der Waals surface area (Å²) in [6, 6.07) is 0.366. The molecule has 1 saturated heterocycles. The van der Waals surface area contributed by atoms with Crippen molar-refractivity contribution >= 4 is 5.91 Å². The Labute approximate surface area is 80.5 Å². The Morgan fingerprint density at radius 3 is 2.77 bits per heavy atom. The summed E-state index contributed by atoms with van der Waals surface area (Å²) in [7, 11) is 1.89. The molecule has 1 aliphatic heterocycles. The summed E-state index contributed by atoms with van der Waals surface area (Å²) < 4.78 is 0. The highest BCUT2D eigenvalue weighted by atomic mass is 16.2. The number of nitrogens with zero attached hydrogens (tertiary/aromatic N) is 1. The van der Waals surface area contributed by atoms with Gasteiger partial charge in [0.25, 0.3) is 0 Å². The third-order valence-corrected chi connectivity index (χ3v) is 3.12. The maximum atomic E-state index is 11.1. The van der Waals surface area contributed by atoms with E-state index >= 15 is 0 Å². The highest BCUT2D eigenvalue weighted by molar-refractivity contribution is 5.73. The van der Waals surface area contributed by atoms with Crippen LogP contribution in [0, 0.1) is 5.92 Å². The minimum absolute atomic E-state index is 0.165. The van der Waals surface area contributed by atoms with E-state index in [-0.39, 0.29) is 5.91 Å². The van der Waals surface area contributed by atoms with Crippen LogP contribution in [0.3, 0.4) is 0 Å². The van der Waals surface area contributed by atoms with Gasteiger partial charge in [-0.05, 0) is 38.8 Å². The SMILES string of the molecule is CC(=O)N(C)C(C)C1CCCNC1. The monoisotopic (exact) mass is 184 g/mol. The van der Waals surface area contributed by atoms with Crippen molar-refractivity contribution in [2.45, 2.75) is 32.7 Å². The Kier molecular flexibility index (Phi) is 3.72. The van der Waals surface area contributed by atoms with Crippen molar-refractivity contribution in [1.29, 1.82) is 0 Å². The highest BCUT2D eigenvalue weighted by Crippen LogP contribution is 2.17. The van der Waals surface area contributed by atoms with Gasteiger partial charge in [0, 0.05) is 20.0 Å². The summed E-state index contributed by atoms with van der Waals surface area (Å²) in [6.07, 6.45) is 2.48. The van der Waals surface area contributed by atoms with Gasteiger partial charge in [-0.25, -0.2) is 0 Å². The molecule has 0 spiro atoms. The molecule has 0 radical (unpaired) electrons. The van der Waals surface area contributed by atoms with Gasteiger partial charge >= 0.3 is 0 Å². The second-order valence-corrected chi connectivity index (χ2v) is 3.98. The van der Waals surface area contributed by atoms with Crippen LogP contribution in [0.2, 0.25) is 0 Å². The van der Waals surface area contributed by atoms with Crippen molar-refractivity contribution in [3.8, 4) is 0 Å². The van der Waals surface area contributed by atoms with Crippen molar-refractivity contribution in [2.24, 2.45) is 5.92 Å². The van der Waals surface area contributed by atoms with Gasteiger partial charge < -0.3 is 10.2 Å². The van der Waals surface area contributed by atoms with E-state index in [1.54, 1.807) is 6.92 Å². The number of amides is 1. The first-order valence-electron chi connectivity index (χ1n) is 5.07. The second kappa shape index (κ2) is 4.61. The molecule has 0 bridgehead atoms. The molecule has 1 aliphatic rings. The van der Waals surface area contributed by atoms with Gasteiger partial charge in [-0.3, -0.25) is 4.79 Å². The fraction of sp³-hybridized carbons (Fsp3) is 0.900. The highest BCUT2D eigenvalue weighted by Gasteiger charge is 2.23. The van der Waals surface area contributed by atoms with Gasteiger partial charge in [0.1, 0.15) is 0 Å². The minimum atomic E-state index is 0.165. The third-order valence-electron chi connectivity index (χ3n) is 3.12. The predicted molar refractivity (Wildman–Crippen MR) is 53.5 cm³/mol. The van der Waals surface area contributed by atoms with E-state index in [9.17, 15) is 4.79 Å². The average molecular weight is 184 g/mol. The van der Waals surface area contributed by atoms with Crippen LogP contribution in [-0.2, 0) is 4.79 Å². The molecule has 3 heteroatoms. The predicted octanol–water partition coefficient (Wildman–Crippen LogP) is 0.853. The first-order valence-corrected chi connectivity index (χ1v) is 5.07. The molecule has 76 valence electrons. The summed E-state index contributed by atoms with van der Waals surface area (Å²) in [5, 5.41) is 3.37. The number of carbonyl (C=O) groups excluding carboxylic acids is 1. The van der Waals surface area contributed by atoms with Gasteiger partial charge in [0.15, 0.2) is 0 Å². The zero-order valence-corrected chi connectivity index (χ0v) is 8.84. The number of nitrogens with one attached hydrogen (secondary N) is 1. The molecule has 2 atom stereocenters. The molecule has 1 fully saturated rings. The fourth-order valence-corrected chi connectivity index (χ4v) is 1.89. The largest absolute Gasteiger partial charge is 0.343 e. The third kappa shape index (κ3) is 2.69. The molecule has 0 aromatic heterocycles. The molecular formula is C10H20N2O. The lowest BCUT2D eigenvalue weighted by Gasteiger charge is -2.34. The van der Waals surface area contributed by atoms with Crippen molar-refractivity contribution in [3.63, 3.8) is 0 Å². The van der Waals surface area contributed by atoms with Crippen molar-refractivity contribution in [2.75, 3.05) is 20.1 Å². The van der Waals surface area contributed by atoms with Crippen LogP contribution >= 0.6 is 0 Å². The van der Waals surface area contributed by atoms with E-state index in [4.69, 9.17) is 0 Å².